The molecule has 1 amide bonds. The molecule has 0 saturated carbocycles. The topological polar surface area (TPSA) is 87.2 Å². The minimum Gasteiger partial charge on any atom is -0.493 e. The Bertz CT molecular complexity index is 1660. The number of furan rings is 1. The SMILES string of the molecule is COc1cccc(C=NNC(=O)c2ccc(COc3ccc(-n4c(C)ccc4C)cc3)o2)c1OCc1ccc(C)cc1. The second kappa shape index (κ2) is 13.0. The van der Waals surface area contributed by atoms with Gasteiger partial charge in [-0.15, -0.1) is 0 Å². The van der Waals surface area contributed by atoms with Crippen LogP contribution in [0.2, 0.25) is 0 Å². The smallest absolute Gasteiger partial charge is 0.307 e. The maximum atomic E-state index is 12.7. The van der Waals surface area contributed by atoms with Crippen LogP contribution in [0, 0.1) is 20.8 Å². The Hall–Kier alpha value is -5.24. The average Bonchev–Trinajstić information content (AvgIpc) is 3.62. The zero-order valence-corrected chi connectivity index (χ0v) is 24.1. The van der Waals surface area contributed by atoms with Crippen molar-refractivity contribution in [1.29, 1.82) is 0 Å². The molecule has 5 rings (SSSR count). The Kier molecular flexibility index (Phi) is 8.72. The molecule has 2 heterocycles. The van der Waals surface area contributed by atoms with E-state index in [1.54, 1.807) is 19.2 Å². The summed E-state index contributed by atoms with van der Waals surface area (Å²) in [6.07, 6.45) is 1.51. The number of ether oxygens (including phenoxy) is 3. The Labute approximate surface area is 245 Å². The number of aryl methyl sites for hydroxylation is 3. The van der Waals surface area contributed by atoms with Crippen LogP contribution in [0.1, 0.15) is 44.4 Å². The normalized spacial score (nSPS) is 11.0. The highest BCUT2D eigenvalue weighted by molar-refractivity contribution is 5.93. The van der Waals surface area contributed by atoms with Gasteiger partial charge in [0.25, 0.3) is 0 Å². The predicted molar refractivity (Wildman–Crippen MR) is 162 cm³/mol. The molecule has 214 valence electrons. The molecule has 8 heteroatoms. The van der Waals surface area contributed by atoms with Gasteiger partial charge in [0, 0.05) is 22.6 Å². The lowest BCUT2D eigenvalue weighted by Gasteiger charge is -2.13. The maximum absolute atomic E-state index is 12.7. The van der Waals surface area contributed by atoms with Gasteiger partial charge in [-0.2, -0.15) is 5.10 Å². The molecule has 1 N–H and O–H groups in total. The first-order chi connectivity index (χ1) is 20.4. The van der Waals surface area contributed by atoms with Gasteiger partial charge in [0.15, 0.2) is 17.3 Å². The number of rotatable bonds is 11. The van der Waals surface area contributed by atoms with Crippen molar-refractivity contribution in [3.8, 4) is 22.9 Å². The molecule has 0 spiro atoms. The van der Waals surface area contributed by atoms with Crippen molar-refractivity contribution in [2.24, 2.45) is 5.10 Å². The number of nitrogens with one attached hydrogen (secondary N) is 1. The molecule has 0 bridgehead atoms. The van der Waals surface area contributed by atoms with Gasteiger partial charge >= 0.3 is 5.91 Å². The highest BCUT2D eigenvalue weighted by atomic mass is 16.5. The number of para-hydroxylation sites is 1. The molecule has 8 nitrogen and oxygen atoms in total. The number of methoxy groups -OCH3 is 1. The van der Waals surface area contributed by atoms with Crippen LogP contribution in [0.5, 0.6) is 17.2 Å². The highest BCUT2D eigenvalue weighted by Gasteiger charge is 2.13. The summed E-state index contributed by atoms with van der Waals surface area (Å²) < 4.78 is 25.3. The number of benzene rings is 3. The van der Waals surface area contributed by atoms with E-state index in [1.807, 2.05) is 73.7 Å². The van der Waals surface area contributed by atoms with Gasteiger partial charge in [0.2, 0.25) is 0 Å². The van der Waals surface area contributed by atoms with Crippen LogP contribution >= 0.6 is 0 Å². The zero-order valence-electron chi connectivity index (χ0n) is 24.1. The fraction of sp³-hybridized carbons (Fsp3) is 0.176. The summed E-state index contributed by atoms with van der Waals surface area (Å²) in [7, 11) is 1.58. The van der Waals surface area contributed by atoms with Crippen molar-refractivity contribution >= 4 is 12.1 Å². The number of aromatic nitrogens is 1. The average molecular weight is 564 g/mol. The molecule has 0 fully saturated rings. The van der Waals surface area contributed by atoms with E-state index in [-0.39, 0.29) is 12.4 Å². The van der Waals surface area contributed by atoms with E-state index in [2.05, 4.69) is 41.1 Å². The van der Waals surface area contributed by atoms with E-state index >= 15 is 0 Å². The fourth-order valence-electron chi connectivity index (χ4n) is 4.50. The Morgan fingerprint density at radius 1 is 0.857 bits per heavy atom. The van der Waals surface area contributed by atoms with Crippen molar-refractivity contribution < 1.29 is 23.4 Å². The van der Waals surface area contributed by atoms with Crippen molar-refractivity contribution in [1.82, 2.24) is 9.99 Å². The van der Waals surface area contributed by atoms with Gasteiger partial charge in [0.1, 0.15) is 24.7 Å². The lowest BCUT2D eigenvalue weighted by atomic mass is 10.1. The van der Waals surface area contributed by atoms with Crippen LogP contribution in [0.3, 0.4) is 0 Å². The maximum Gasteiger partial charge on any atom is 0.307 e. The number of hydrogen-bond donors (Lipinski definition) is 1. The highest BCUT2D eigenvalue weighted by Crippen LogP contribution is 2.31. The van der Waals surface area contributed by atoms with Crippen molar-refractivity contribution in [3.63, 3.8) is 0 Å². The van der Waals surface area contributed by atoms with Crippen LogP contribution < -0.4 is 19.6 Å². The first kappa shape index (κ1) is 28.3. The number of carbonyl (C=O) groups is 1. The third kappa shape index (κ3) is 6.72. The zero-order chi connectivity index (χ0) is 29.5. The van der Waals surface area contributed by atoms with Crippen molar-refractivity contribution in [2.45, 2.75) is 34.0 Å². The molecule has 0 aliphatic carbocycles. The van der Waals surface area contributed by atoms with E-state index in [9.17, 15) is 4.79 Å². The monoisotopic (exact) mass is 563 g/mol. The van der Waals surface area contributed by atoms with Gasteiger partial charge in [0.05, 0.1) is 13.3 Å². The number of amides is 1. The van der Waals surface area contributed by atoms with E-state index < -0.39 is 5.91 Å². The number of carbonyl (C=O) groups excluding carboxylic acids is 1. The fourth-order valence-corrected chi connectivity index (χ4v) is 4.50. The molecule has 0 unspecified atom stereocenters. The van der Waals surface area contributed by atoms with Crippen LogP contribution in [-0.2, 0) is 13.2 Å². The molecular formula is C34H33N3O5. The third-order valence-corrected chi connectivity index (χ3v) is 6.74. The summed E-state index contributed by atoms with van der Waals surface area (Å²) in [6.45, 7) is 6.74. The van der Waals surface area contributed by atoms with Gasteiger partial charge < -0.3 is 23.2 Å². The summed E-state index contributed by atoms with van der Waals surface area (Å²) in [4.78, 5) is 12.7. The molecule has 0 aliphatic heterocycles. The molecule has 5 aromatic rings. The Morgan fingerprint density at radius 3 is 2.31 bits per heavy atom. The number of hydrazone groups is 1. The minimum atomic E-state index is -0.482. The number of hydrogen-bond acceptors (Lipinski definition) is 6. The predicted octanol–water partition coefficient (Wildman–Crippen LogP) is 6.93. The van der Waals surface area contributed by atoms with Gasteiger partial charge in [-0.05, 0) is 87.0 Å². The summed E-state index contributed by atoms with van der Waals surface area (Å²) >= 11 is 0. The van der Waals surface area contributed by atoms with E-state index in [1.165, 1.54) is 23.2 Å². The molecule has 2 aromatic heterocycles. The van der Waals surface area contributed by atoms with Gasteiger partial charge in [-0.25, -0.2) is 5.43 Å². The summed E-state index contributed by atoms with van der Waals surface area (Å²) in [5.41, 5.74) is 8.77. The molecule has 3 aromatic carbocycles. The molecule has 0 radical (unpaired) electrons. The van der Waals surface area contributed by atoms with Gasteiger partial charge in [-0.3, -0.25) is 4.79 Å². The molecule has 0 aliphatic rings. The van der Waals surface area contributed by atoms with Crippen LogP contribution in [0.15, 0.2) is 101 Å². The number of nitrogens with zero attached hydrogens (tertiary/aromatic N) is 2. The third-order valence-electron chi connectivity index (χ3n) is 6.74. The minimum absolute atomic E-state index is 0.126. The summed E-state index contributed by atoms with van der Waals surface area (Å²) in [5.74, 6) is 1.96. The van der Waals surface area contributed by atoms with E-state index in [0.717, 1.165) is 11.3 Å². The second-order valence-corrected chi connectivity index (χ2v) is 9.85. The Balaban J connectivity index is 1.17. The molecule has 0 atom stereocenters. The lowest BCUT2D eigenvalue weighted by molar-refractivity contribution is 0.0923. The van der Waals surface area contributed by atoms with E-state index in [0.29, 0.717) is 35.2 Å². The standard InChI is InChI=1S/C34H33N3O5/c1-23-8-12-26(13-9-23)21-41-33-27(6-5-7-31(33)39-4)20-35-36-34(38)32-19-18-30(42-32)22-40-29-16-14-28(15-17-29)37-24(2)10-11-25(37)3/h5-20H,21-22H2,1-4H3,(H,36,38). The first-order valence-corrected chi connectivity index (χ1v) is 13.6. The molecular weight excluding hydrogens is 530 g/mol. The summed E-state index contributed by atoms with van der Waals surface area (Å²) in [6, 6.07) is 28.9. The lowest BCUT2D eigenvalue weighted by Crippen LogP contribution is -2.17. The van der Waals surface area contributed by atoms with Gasteiger partial charge in [-0.1, -0.05) is 35.9 Å². The van der Waals surface area contributed by atoms with Crippen LogP contribution in [0.4, 0.5) is 0 Å². The summed E-state index contributed by atoms with van der Waals surface area (Å²) in [5, 5.41) is 4.11. The van der Waals surface area contributed by atoms with E-state index in [4.69, 9.17) is 18.6 Å². The van der Waals surface area contributed by atoms with Crippen LogP contribution in [0.25, 0.3) is 5.69 Å². The molecule has 42 heavy (non-hydrogen) atoms. The Morgan fingerprint density at radius 2 is 1.60 bits per heavy atom. The molecule has 0 saturated heterocycles. The van der Waals surface area contributed by atoms with Crippen molar-refractivity contribution in [2.75, 3.05) is 7.11 Å². The second-order valence-electron chi connectivity index (χ2n) is 9.85. The first-order valence-electron chi connectivity index (χ1n) is 13.6. The quantitative estimate of drug-likeness (QED) is 0.139. The largest absolute Gasteiger partial charge is 0.493 e. The van der Waals surface area contributed by atoms with Crippen molar-refractivity contribution in [3.05, 3.63) is 131 Å². The van der Waals surface area contributed by atoms with Crippen LogP contribution in [-0.4, -0.2) is 23.8 Å².